The molecule has 7 heteroatoms. The van der Waals surface area contributed by atoms with Crippen LogP contribution in [0.4, 0.5) is 0 Å². The number of aliphatic carboxylic acids is 1. The van der Waals surface area contributed by atoms with E-state index in [-0.39, 0.29) is 31.3 Å². The first-order chi connectivity index (χ1) is 13.9. The lowest BCUT2D eigenvalue weighted by Gasteiger charge is -2.19. The summed E-state index contributed by atoms with van der Waals surface area (Å²) in [4.78, 5) is 10.4. The van der Waals surface area contributed by atoms with E-state index in [0.29, 0.717) is 30.0 Å². The first kappa shape index (κ1) is 23.4. The van der Waals surface area contributed by atoms with Gasteiger partial charge >= 0.3 is 0 Å². The van der Waals surface area contributed by atoms with Crippen molar-refractivity contribution in [3.8, 4) is 5.75 Å². The Balaban J connectivity index is 1.83. The monoisotopic (exact) mass is 423 g/mol. The predicted molar refractivity (Wildman–Crippen MR) is 108 cm³/mol. The quantitative estimate of drug-likeness (QED) is 0.370. The van der Waals surface area contributed by atoms with E-state index >= 15 is 0 Å². The molecule has 1 aromatic carbocycles. The lowest BCUT2D eigenvalue weighted by Crippen LogP contribution is -2.21. The zero-order valence-corrected chi connectivity index (χ0v) is 16.9. The van der Waals surface area contributed by atoms with Crippen LogP contribution in [0.25, 0.3) is 0 Å². The Labute approximate surface area is 176 Å². The molecule has 6 nitrogen and oxygen atoms in total. The molecule has 1 aromatic rings. The number of carbonyl (C=O) groups excluding carboxylic acids is 1. The fourth-order valence-corrected chi connectivity index (χ4v) is 3.67. The van der Waals surface area contributed by atoms with Crippen LogP contribution >= 0.6 is 11.6 Å². The normalized spacial score (nSPS) is 25.7. The molecule has 3 N–H and O–H groups in total. The van der Waals surface area contributed by atoms with Gasteiger partial charge in [0.2, 0.25) is 0 Å². The van der Waals surface area contributed by atoms with Crippen molar-refractivity contribution in [1.82, 2.24) is 0 Å². The fraction of sp³-hybridized carbons (Fsp3) is 0.500. The lowest BCUT2D eigenvalue weighted by molar-refractivity contribution is -0.305. The molecule has 0 aromatic heterocycles. The van der Waals surface area contributed by atoms with Crippen molar-refractivity contribution < 1.29 is 30.0 Å². The zero-order chi connectivity index (χ0) is 21.2. The van der Waals surface area contributed by atoms with Gasteiger partial charge in [0.1, 0.15) is 18.5 Å². The maximum atomic E-state index is 10.4. The second-order valence-electron chi connectivity index (χ2n) is 7.30. The van der Waals surface area contributed by atoms with Crippen LogP contribution in [-0.4, -0.2) is 46.2 Å². The number of hydrogen-bond donors (Lipinski definition) is 3. The Morgan fingerprint density at radius 2 is 2.10 bits per heavy atom. The van der Waals surface area contributed by atoms with Crippen molar-refractivity contribution in [3.63, 3.8) is 0 Å². The standard InChI is InChI=1S/C22H29ClO6/c23-15-6-5-7-17(12-15)29-14-16(24)10-11-19-18(20(25)13-21(19)26)8-3-1-2-4-9-22(27)28/h1,3,5-7,10-12,16,18-21,24-26H,2,4,8-9,13-14H2,(H,27,28)/p-1/t16-,18-,19-,20+,21-/m0/s1. The highest BCUT2D eigenvalue weighted by Crippen LogP contribution is 2.36. The van der Waals surface area contributed by atoms with E-state index in [0.717, 1.165) is 0 Å². The van der Waals surface area contributed by atoms with E-state index in [1.54, 1.807) is 36.4 Å². The summed E-state index contributed by atoms with van der Waals surface area (Å²) < 4.78 is 5.50. The summed E-state index contributed by atoms with van der Waals surface area (Å²) in [6.45, 7) is 0.0468. The maximum Gasteiger partial charge on any atom is 0.120 e. The van der Waals surface area contributed by atoms with Gasteiger partial charge in [-0.1, -0.05) is 42.0 Å². The van der Waals surface area contributed by atoms with Gasteiger partial charge in [-0.2, -0.15) is 0 Å². The SMILES string of the molecule is O=C([O-])CCCC=CC[C@H]1[C@H](C=C[C@H](O)COc2cccc(Cl)c2)[C@@H](O)C[C@H]1O. The van der Waals surface area contributed by atoms with Gasteiger partial charge in [-0.05, 0) is 49.8 Å². The molecule has 0 aliphatic heterocycles. The summed E-state index contributed by atoms with van der Waals surface area (Å²) in [5.74, 6) is -0.947. The van der Waals surface area contributed by atoms with Gasteiger partial charge in [0, 0.05) is 23.3 Å². The molecule has 160 valence electrons. The molecule has 1 saturated carbocycles. The summed E-state index contributed by atoms with van der Waals surface area (Å²) in [5.41, 5.74) is 0. The number of halogens is 1. The number of aliphatic hydroxyl groups excluding tert-OH is 3. The highest BCUT2D eigenvalue weighted by molar-refractivity contribution is 6.30. The molecule has 0 bridgehead atoms. The highest BCUT2D eigenvalue weighted by atomic mass is 35.5. The molecule has 29 heavy (non-hydrogen) atoms. The van der Waals surface area contributed by atoms with Crippen molar-refractivity contribution >= 4 is 17.6 Å². The van der Waals surface area contributed by atoms with Gasteiger partial charge in [0.25, 0.3) is 0 Å². The molecular formula is C22H28ClO6-. The Morgan fingerprint density at radius 3 is 2.83 bits per heavy atom. The van der Waals surface area contributed by atoms with Gasteiger partial charge in [-0.25, -0.2) is 0 Å². The van der Waals surface area contributed by atoms with Crippen LogP contribution in [0.2, 0.25) is 5.02 Å². The predicted octanol–water partition coefficient (Wildman–Crippen LogP) is 1.86. The van der Waals surface area contributed by atoms with Crippen molar-refractivity contribution in [2.24, 2.45) is 11.8 Å². The maximum absolute atomic E-state index is 10.4. The number of hydrogen-bond acceptors (Lipinski definition) is 6. The van der Waals surface area contributed by atoms with Crippen LogP contribution in [0.1, 0.15) is 32.1 Å². The van der Waals surface area contributed by atoms with Crippen LogP contribution in [-0.2, 0) is 4.79 Å². The molecule has 0 heterocycles. The van der Waals surface area contributed by atoms with Gasteiger partial charge < -0.3 is 30.0 Å². The first-order valence-electron chi connectivity index (χ1n) is 9.82. The van der Waals surface area contributed by atoms with E-state index in [1.165, 1.54) is 0 Å². The number of aliphatic hydroxyl groups is 3. The number of carboxylic acids is 1. The van der Waals surface area contributed by atoms with E-state index in [4.69, 9.17) is 16.3 Å². The van der Waals surface area contributed by atoms with Crippen LogP contribution in [0.5, 0.6) is 5.75 Å². The summed E-state index contributed by atoms with van der Waals surface area (Å²) >= 11 is 5.89. The lowest BCUT2D eigenvalue weighted by atomic mass is 9.89. The number of unbranched alkanes of at least 4 members (excludes halogenated alkanes) is 1. The smallest absolute Gasteiger partial charge is 0.120 e. The summed E-state index contributed by atoms with van der Waals surface area (Å²) in [6, 6.07) is 6.89. The first-order valence-corrected chi connectivity index (χ1v) is 10.2. The average molecular weight is 424 g/mol. The molecule has 1 fully saturated rings. The van der Waals surface area contributed by atoms with Gasteiger partial charge in [-0.3, -0.25) is 0 Å². The van der Waals surface area contributed by atoms with Crippen LogP contribution in [0.3, 0.4) is 0 Å². The average Bonchev–Trinajstić information content (AvgIpc) is 2.93. The van der Waals surface area contributed by atoms with Gasteiger partial charge in [-0.15, -0.1) is 0 Å². The van der Waals surface area contributed by atoms with E-state index in [1.807, 2.05) is 12.2 Å². The third-order valence-corrected chi connectivity index (χ3v) is 5.25. The molecule has 1 aliphatic carbocycles. The van der Waals surface area contributed by atoms with Gasteiger partial charge in [0.15, 0.2) is 0 Å². The Bertz CT molecular complexity index is 704. The number of ether oxygens (including phenoxy) is 1. The van der Waals surface area contributed by atoms with Gasteiger partial charge in [0.05, 0.1) is 12.2 Å². The fourth-order valence-electron chi connectivity index (χ4n) is 3.49. The Hall–Kier alpha value is -1.86. The molecule has 0 radical (unpaired) electrons. The van der Waals surface area contributed by atoms with E-state index in [2.05, 4.69) is 0 Å². The van der Waals surface area contributed by atoms with E-state index < -0.39 is 24.3 Å². The number of rotatable bonds is 11. The molecule has 0 spiro atoms. The van der Waals surface area contributed by atoms with Crippen LogP contribution in [0.15, 0.2) is 48.6 Å². The minimum absolute atomic E-state index is 0.0234. The molecule has 0 unspecified atom stereocenters. The summed E-state index contributed by atoms with van der Waals surface area (Å²) in [7, 11) is 0. The third-order valence-electron chi connectivity index (χ3n) is 5.01. The molecule has 2 rings (SSSR count). The number of benzene rings is 1. The molecular weight excluding hydrogens is 396 g/mol. The van der Waals surface area contributed by atoms with Crippen molar-refractivity contribution in [1.29, 1.82) is 0 Å². The summed E-state index contributed by atoms with van der Waals surface area (Å²) in [5, 5.41) is 41.6. The number of carbonyl (C=O) groups is 1. The Kier molecular flexibility index (Phi) is 9.67. The van der Waals surface area contributed by atoms with Crippen LogP contribution in [0, 0.1) is 11.8 Å². The Morgan fingerprint density at radius 1 is 1.31 bits per heavy atom. The largest absolute Gasteiger partial charge is 0.550 e. The van der Waals surface area contributed by atoms with Crippen molar-refractivity contribution in [2.45, 2.75) is 50.4 Å². The van der Waals surface area contributed by atoms with Crippen LogP contribution < -0.4 is 9.84 Å². The second-order valence-corrected chi connectivity index (χ2v) is 7.74. The molecule has 1 aliphatic rings. The van der Waals surface area contributed by atoms with E-state index in [9.17, 15) is 25.2 Å². The van der Waals surface area contributed by atoms with Crippen molar-refractivity contribution in [2.75, 3.05) is 6.61 Å². The zero-order valence-electron chi connectivity index (χ0n) is 16.2. The topological polar surface area (TPSA) is 110 Å². The van der Waals surface area contributed by atoms with Crippen molar-refractivity contribution in [3.05, 3.63) is 53.6 Å². The minimum Gasteiger partial charge on any atom is -0.550 e. The minimum atomic E-state index is -1.06. The summed E-state index contributed by atoms with van der Waals surface area (Å²) in [6.07, 6.45) is 6.93. The number of carboxylic acid groups (broad SMARTS) is 1. The molecule has 0 amide bonds. The third kappa shape index (κ3) is 8.19. The molecule has 0 saturated heterocycles. The highest BCUT2D eigenvalue weighted by Gasteiger charge is 2.39. The number of allylic oxidation sites excluding steroid dienone is 2. The second kappa shape index (κ2) is 12.0. The molecule has 5 atom stereocenters.